The van der Waals surface area contributed by atoms with Crippen LogP contribution in [0.3, 0.4) is 0 Å². The fourth-order valence-corrected chi connectivity index (χ4v) is 11.0. The number of hydrogen-bond donors (Lipinski definition) is 0. The van der Waals surface area contributed by atoms with Crippen LogP contribution < -0.4 is 4.90 Å². The molecule has 4 heterocycles. The Bertz CT molecular complexity index is 1660. The molecule has 1 unspecified atom stereocenters. The fraction of sp³-hybridized carbons (Fsp3) is 0.385. The van der Waals surface area contributed by atoms with Gasteiger partial charge < -0.3 is 4.90 Å². The summed E-state index contributed by atoms with van der Waals surface area (Å²) in [4.78, 5) is 20.3. The maximum absolute atomic E-state index is 14.3. The third-order valence-corrected chi connectivity index (χ3v) is 12.4. The van der Waals surface area contributed by atoms with Gasteiger partial charge in [-0.25, -0.2) is 16.8 Å². The summed E-state index contributed by atoms with van der Waals surface area (Å²) in [6, 6.07) is 13.0. The Hall–Kier alpha value is -2.53. The average molecular weight is 560 g/mol. The number of carbonyl (C=O) groups excluding carboxylic acids is 1. The van der Waals surface area contributed by atoms with Crippen LogP contribution in [0.25, 0.3) is 10.8 Å². The van der Waals surface area contributed by atoms with E-state index in [9.17, 15) is 21.6 Å². The van der Waals surface area contributed by atoms with Crippen molar-refractivity contribution in [2.24, 2.45) is 5.41 Å². The topological polar surface area (TPSA) is 105 Å². The Balaban J connectivity index is 1.40. The predicted octanol–water partition coefficient (Wildman–Crippen LogP) is 3.14. The third kappa shape index (κ3) is 4.05. The highest BCUT2D eigenvalue weighted by molar-refractivity contribution is 7.93. The fourth-order valence-electron chi connectivity index (χ4n) is 6.31. The zero-order valence-corrected chi connectivity index (χ0v) is 22.6. The third-order valence-electron chi connectivity index (χ3n) is 7.80. The van der Waals surface area contributed by atoms with Crippen molar-refractivity contribution in [2.75, 3.05) is 35.2 Å². The molecule has 2 aromatic carbocycles. The minimum Gasteiger partial charge on any atom is -0.309 e. The smallest absolute Gasteiger partial charge is 0.239 e. The molecule has 1 atom stereocenters. The van der Waals surface area contributed by atoms with Gasteiger partial charge in [0.1, 0.15) is 0 Å². The number of halogens is 1. The van der Waals surface area contributed by atoms with Crippen LogP contribution in [0.1, 0.15) is 24.5 Å². The van der Waals surface area contributed by atoms with Gasteiger partial charge in [-0.1, -0.05) is 48.9 Å². The highest BCUT2D eigenvalue weighted by Gasteiger charge is 2.55. The number of fused-ring (bicyclic) bond motifs is 3. The van der Waals surface area contributed by atoms with E-state index in [0.717, 1.165) is 21.9 Å². The Morgan fingerprint density at radius 2 is 1.86 bits per heavy atom. The largest absolute Gasteiger partial charge is 0.309 e. The number of rotatable bonds is 4. The lowest BCUT2D eigenvalue weighted by atomic mass is 9.74. The van der Waals surface area contributed by atoms with Gasteiger partial charge >= 0.3 is 0 Å². The number of hydrogen-bond acceptors (Lipinski definition) is 6. The van der Waals surface area contributed by atoms with Crippen molar-refractivity contribution in [3.63, 3.8) is 0 Å². The molecular weight excluding hydrogens is 534 g/mol. The summed E-state index contributed by atoms with van der Waals surface area (Å²) in [5.74, 6) is -0.758. The average Bonchev–Trinajstić information content (AvgIpc) is 3.13. The van der Waals surface area contributed by atoms with Gasteiger partial charge in [0.05, 0.1) is 34.6 Å². The number of anilines is 1. The molecule has 0 N–H and O–H groups in total. The molecule has 1 spiro atoms. The van der Waals surface area contributed by atoms with E-state index in [0.29, 0.717) is 23.7 Å². The van der Waals surface area contributed by atoms with E-state index in [1.54, 1.807) is 42.4 Å². The summed E-state index contributed by atoms with van der Waals surface area (Å²) in [7, 11) is -7.05. The molecule has 1 aromatic heterocycles. The molecule has 3 aliphatic heterocycles. The van der Waals surface area contributed by atoms with Gasteiger partial charge in [0.15, 0.2) is 9.84 Å². The van der Waals surface area contributed by atoms with Crippen LogP contribution in [0, 0.1) is 5.41 Å². The van der Waals surface area contributed by atoms with E-state index in [1.807, 2.05) is 24.3 Å². The second-order valence-electron chi connectivity index (χ2n) is 10.8. The summed E-state index contributed by atoms with van der Waals surface area (Å²) < 4.78 is 52.2. The highest BCUT2D eigenvalue weighted by atomic mass is 35.5. The molecule has 0 aliphatic carbocycles. The molecule has 194 valence electrons. The zero-order valence-electron chi connectivity index (χ0n) is 20.2. The summed E-state index contributed by atoms with van der Waals surface area (Å²) in [6.45, 7) is 2.20. The maximum Gasteiger partial charge on any atom is 0.239 e. The maximum atomic E-state index is 14.3. The first-order chi connectivity index (χ1) is 17.4. The molecule has 0 radical (unpaired) electrons. The molecule has 11 heteroatoms. The Labute approximate surface area is 221 Å². The summed E-state index contributed by atoms with van der Waals surface area (Å²) in [5.41, 5.74) is 0.248. The van der Waals surface area contributed by atoms with Gasteiger partial charge in [-0.3, -0.25) is 9.78 Å². The van der Waals surface area contributed by atoms with Crippen molar-refractivity contribution >= 4 is 53.8 Å². The normalized spacial score (nSPS) is 24.8. The lowest BCUT2D eigenvalue weighted by Crippen LogP contribution is -2.56. The zero-order chi connectivity index (χ0) is 26.2. The van der Waals surface area contributed by atoms with Crippen molar-refractivity contribution in [3.8, 4) is 0 Å². The van der Waals surface area contributed by atoms with Gasteiger partial charge in [0, 0.05) is 47.0 Å². The van der Waals surface area contributed by atoms with Crippen LogP contribution in [-0.4, -0.2) is 62.4 Å². The molecule has 6 rings (SSSR count). The molecule has 3 aliphatic rings. The van der Waals surface area contributed by atoms with Crippen LogP contribution in [0.5, 0.6) is 0 Å². The minimum atomic E-state index is -3.86. The number of sulfone groups is 1. The van der Waals surface area contributed by atoms with Crippen molar-refractivity contribution in [2.45, 2.75) is 25.3 Å². The van der Waals surface area contributed by atoms with E-state index >= 15 is 0 Å². The van der Waals surface area contributed by atoms with E-state index < -0.39 is 30.7 Å². The van der Waals surface area contributed by atoms with Crippen LogP contribution in [0.2, 0.25) is 5.02 Å². The first kappa shape index (κ1) is 24.8. The first-order valence-electron chi connectivity index (χ1n) is 12.0. The van der Waals surface area contributed by atoms with Crippen molar-refractivity contribution in [1.29, 1.82) is 0 Å². The molecule has 0 bridgehead atoms. The standard InChI is InChI=1S/C26H26ClN3O5S2/c1-25(15-36(32,33)16-25)17-37(34,35)29-13-19-6-7-20(27)10-22(19)26(14-29)8-9-30(24(26)31)23-12-28-11-18-4-2-3-5-21(18)23/h2-7,10-12H,8-9,13-17H2,1H3. The number of aromatic nitrogens is 1. The van der Waals surface area contributed by atoms with Crippen molar-refractivity contribution < 1.29 is 21.6 Å². The van der Waals surface area contributed by atoms with Crippen LogP contribution in [0.15, 0.2) is 54.9 Å². The number of pyridine rings is 1. The molecule has 0 saturated carbocycles. The molecule has 8 nitrogen and oxygen atoms in total. The molecule has 2 fully saturated rings. The first-order valence-corrected chi connectivity index (χ1v) is 15.8. The summed E-state index contributed by atoms with van der Waals surface area (Å²) >= 11 is 6.36. The van der Waals surface area contributed by atoms with Crippen molar-refractivity contribution in [3.05, 3.63) is 71.0 Å². The highest BCUT2D eigenvalue weighted by Crippen LogP contribution is 2.46. The lowest BCUT2D eigenvalue weighted by molar-refractivity contribution is -0.122. The predicted molar refractivity (Wildman–Crippen MR) is 143 cm³/mol. The number of amides is 1. The lowest BCUT2D eigenvalue weighted by Gasteiger charge is -2.43. The van der Waals surface area contributed by atoms with Crippen LogP contribution >= 0.6 is 11.6 Å². The van der Waals surface area contributed by atoms with Gasteiger partial charge in [0.25, 0.3) is 0 Å². The number of sulfonamides is 1. The SMILES string of the molecule is CC1(CS(=O)(=O)N2Cc3ccc(Cl)cc3C3(CCN(c4cncc5ccccc45)C3=O)C2)CS(=O)(=O)C1. The quantitative estimate of drug-likeness (QED) is 0.486. The van der Waals surface area contributed by atoms with E-state index in [4.69, 9.17) is 11.6 Å². The number of benzene rings is 2. The Kier molecular flexibility index (Phi) is 5.52. The molecule has 1 amide bonds. The second kappa shape index (κ2) is 8.23. The van der Waals surface area contributed by atoms with Crippen molar-refractivity contribution in [1.82, 2.24) is 9.29 Å². The number of nitrogens with zero attached hydrogens (tertiary/aromatic N) is 3. The molecule has 3 aromatic rings. The van der Waals surface area contributed by atoms with Crippen LogP contribution in [0.4, 0.5) is 5.69 Å². The van der Waals surface area contributed by atoms with Gasteiger partial charge in [0.2, 0.25) is 15.9 Å². The van der Waals surface area contributed by atoms with E-state index in [2.05, 4.69) is 4.98 Å². The van der Waals surface area contributed by atoms with E-state index in [-0.39, 0.29) is 36.3 Å². The summed E-state index contributed by atoms with van der Waals surface area (Å²) in [5, 5.41) is 2.29. The van der Waals surface area contributed by atoms with E-state index in [1.165, 1.54) is 4.31 Å². The Morgan fingerprint density at radius 3 is 2.62 bits per heavy atom. The van der Waals surface area contributed by atoms with Gasteiger partial charge in [-0.15, -0.1) is 0 Å². The summed E-state index contributed by atoms with van der Waals surface area (Å²) in [6.07, 6.45) is 3.84. The second-order valence-corrected chi connectivity index (χ2v) is 15.3. The van der Waals surface area contributed by atoms with Crippen LogP contribution in [-0.2, 0) is 36.6 Å². The minimum absolute atomic E-state index is 0.0148. The van der Waals surface area contributed by atoms with Gasteiger partial charge in [-0.05, 0) is 29.7 Å². The molecule has 37 heavy (non-hydrogen) atoms. The van der Waals surface area contributed by atoms with Gasteiger partial charge in [-0.2, -0.15) is 4.31 Å². The Morgan fingerprint density at radius 1 is 1.11 bits per heavy atom. The molecule has 2 saturated heterocycles. The number of carbonyl (C=O) groups is 1. The molecular formula is C26H26ClN3O5S2. The monoisotopic (exact) mass is 559 g/mol.